The minimum atomic E-state index is -1.47. The van der Waals surface area contributed by atoms with Crippen molar-refractivity contribution in [2.24, 2.45) is 0 Å². The summed E-state index contributed by atoms with van der Waals surface area (Å²) in [4.78, 5) is 68.0. The Labute approximate surface area is 245 Å². The van der Waals surface area contributed by atoms with Crippen molar-refractivity contribution >= 4 is 35.3 Å². The summed E-state index contributed by atoms with van der Waals surface area (Å²) >= 11 is 0. The first-order valence-corrected chi connectivity index (χ1v) is 13.2. The molecule has 0 aliphatic carbocycles. The maximum Gasteiger partial charge on any atom is 0.333 e. The van der Waals surface area contributed by atoms with E-state index in [0.29, 0.717) is 30.1 Å². The third-order valence-electron chi connectivity index (χ3n) is 4.85. The van der Waals surface area contributed by atoms with Gasteiger partial charge in [0.2, 0.25) is 11.8 Å². The second-order valence-electron chi connectivity index (χ2n) is 9.50. The lowest BCUT2D eigenvalue weighted by Gasteiger charge is -2.15. The van der Waals surface area contributed by atoms with Crippen LogP contribution in [0.15, 0.2) is 36.4 Å². The number of amides is 2. The Kier molecular flexibility index (Phi) is 18.7. The van der Waals surface area contributed by atoms with Gasteiger partial charge in [-0.15, -0.1) is 0 Å². The third-order valence-corrected chi connectivity index (χ3v) is 4.85. The van der Waals surface area contributed by atoms with E-state index in [1.807, 2.05) is 0 Å². The van der Waals surface area contributed by atoms with Crippen LogP contribution < -0.4 is 15.4 Å². The smallest absolute Gasteiger partial charge is 0.333 e. The van der Waals surface area contributed by atoms with Crippen LogP contribution in [0.1, 0.15) is 57.3 Å². The molecule has 2 amide bonds. The van der Waals surface area contributed by atoms with Crippen LogP contribution >= 0.6 is 0 Å². The van der Waals surface area contributed by atoms with Crippen LogP contribution in [0.4, 0.5) is 0 Å². The largest absolute Gasteiger partial charge is 0.490 e. The standard InChI is InChI=1S/C21H28N2O8.C8H14O3/c1-14(24)12-17(25)22-8-9-23-18(26)13-19(27)31-11-10-30-16-6-4-15(5-7-16)20(28)21(2,3)29;1-7(2)8(9)11-6-4-5-10-3/h4-7,29H,8-13H2,1-3H3,(H,22,25)(H,23,26);1,4-6H2,2-3H3. The van der Waals surface area contributed by atoms with Crippen molar-refractivity contribution in [2.75, 3.05) is 46.6 Å². The second kappa shape index (κ2) is 20.7. The van der Waals surface area contributed by atoms with Crippen molar-refractivity contribution in [3.63, 3.8) is 0 Å². The number of aliphatic hydroxyl groups is 1. The molecule has 0 aromatic heterocycles. The summed E-state index contributed by atoms with van der Waals surface area (Å²) in [7, 11) is 1.61. The number of methoxy groups -OCH3 is 1. The zero-order chi connectivity index (χ0) is 32.1. The van der Waals surface area contributed by atoms with Crippen LogP contribution in [0, 0.1) is 0 Å². The summed E-state index contributed by atoms with van der Waals surface area (Å²) in [6.45, 7) is 10.4. The number of ketones is 2. The predicted molar refractivity (Wildman–Crippen MR) is 152 cm³/mol. The fourth-order valence-corrected chi connectivity index (χ4v) is 2.80. The van der Waals surface area contributed by atoms with E-state index >= 15 is 0 Å². The molecule has 234 valence electrons. The van der Waals surface area contributed by atoms with Gasteiger partial charge >= 0.3 is 11.9 Å². The summed E-state index contributed by atoms with van der Waals surface area (Å²) in [5.74, 6) is -2.27. The van der Waals surface area contributed by atoms with Gasteiger partial charge in [-0.05, 0) is 52.0 Å². The molecule has 0 radical (unpaired) electrons. The molecular formula is C29H42N2O11. The summed E-state index contributed by atoms with van der Waals surface area (Å²) < 4.78 is 19.9. The monoisotopic (exact) mass is 594 g/mol. The number of carbonyl (C=O) groups excluding carboxylic acids is 6. The number of ether oxygens (including phenoxy) is 4. The van der Waals surface area contributed by atoms with Gasteiger partial charge in [0.25, 0.3) is 0 Å². The van der Waals surface area contributed by atoms with Gasteiger partial charge < -0.3 is 34.7 Å². The molecule has 42 heavy (non-hydrogen) atoms. The van der Waals surface area contributed by atoms with Gasteiger partial charge in [-0.3, -0.25) is 24.0 Å². The van der Waals surface area contributed by atoms with Crippen molar-refractivity contribution in [3.8, 4) is 5.75 Å². The topological polar surface area (TPSA) is 184 Å². The first-order chi connectivity index (χ1) is 19.7. The van der Waals surface area contributed by atoms with Gasteiger partial charge in [-0.25, -0.2) is 4.79 Å². The molecule has 3 N–H and O–H groups in total. The zero-order valence-corrected chi connectivity index (χ0v) is 24.9. The Bertz CT molecular complexity index is 1060. The zero-order valence-electron chi connectivity index (χ0n) is 24.9. The fraction of sp³-hybridized carbons (Fsp3) is 0.517. The molecule has 0 unspecified atom stereocenters. The maximum absolute atomic E-state index is 11.9. The molecule has 0 bridgehead atoms. The highest BCUT2D eigenvalue weighted by atomic mass is 16.6. The van der Waals surface area contributed by atoms with Crippen LogP contribution in [-0.4, -0.2) is 92.7 Å². The molecule has 0 aliphatic heterocycles. The summed E-state index contributed by atoms with van der Waals surface area (Å²) in [6.07, 6.45) is 0.0378. The van der Waals surface area contributed by atoms with Gasteiger partial charge in [-0.2, -0.15) is 0 Å². The van der Waals surface area contributed by atoms with Crippen LogP contribution in [-0.2, 0) is 38.2 Å². The van der Waals surface area contributed by atoms with Crippen molar-refractivity contribution in [3.05, 3.63) is 42.0 Å². The number of esters is 2. The van der Waals surface area contributed by atoms with Gasteiger partial charge in [0.15, 0.2) is 5.78 Å². The third kappa shape index (κ3) is 19.1. The van der Waals surface area contributed by atoms with Crippen molar-refractivity contribution < 1.29 is 52.8 Å². The molecule has 0 fully saturated rings. The average Bonchev–Trinajstić information content (AvgIpc) is 2.90. The van der Waals surface area contributed by atoms with Crippen LogP contribution in [0.5, 0.6) is 5.75 Å². The number of hydrogen-bond acceptors (Lipinski definition) is 11. The minimum Gasteiger partial charge on any atom is -0.490 e. The van der Waals surface area contributed by atoms with Crippen LogP contribution in [0.25, 0.3) is 0 Å². The van der Waals surface area contributed by atoms with Gasteiger partial charge in [0.05, 0.1) is 13.0 Å². The maximum atomic E-state index is 11.9. The van der Waals surface area contributed by atoms with E-state index in [9.17, 15) is 33.9 Å². The first kappa shape index (κ1) is 37.9. The SMILES string of the molecule is C=C(C)C(=O)OCCCOC.CC(=O)CC(=O)NCCNC(=O)CC(=O)OCCOc1ccc(C(=O)C(C)(C)O)cc1. The molecule has 0 saturated carbocycles. The highest BCUT2D eigenvalue weighted by molar-refractivity contribution is 6.01. The molecule has 13 nitrogen and oxygen atoms in total. The Balaban J connectivity index is 0.00000129. The van der Waals surface area contributed by atoms with E-state index in [2.05, 4.69) is 17.2 Å². The lowest BCUT2D eigenvalue weighted by Crippen LogP contribution is -2.36. The highest BCUT2D eigenvalue weighted by Gasteiger charge is 2.25. The lowest BCUT2D eigenvalue weighted by atomic mass is 9.97. The lowest BCUT2D eigenvalue weighted by molar-refractivity contribution is -0.147. The molecule has 1 aromatic rings. The minimum absolute atomic E-state index is 0.0499. The molecule has 0 atom stereocenters. The van der Waals surface area contributed by atoms with Crippen LogP contribution in [0.2, 0.25) is 0 Å². The number of hydrogen-bond donors (Lipinski definition) is 3. The van der Waals surface area contributed by atoms with Crippen molar-refractivity contribution in [2.45, 2.75) is 52.6 Å². The molecule has 1 aromatic carbocycles. The molecule has 0 aliphatic rings. The molecule has 0 saturated heterocycles. The second-order valence-corrected chi connectivity index (χ2v) is 9.50. The van der Waals surface area contributed by atoms with Crippen LogP contribution in [0.3, 0.4) is 0 Å². The van der Waals surface area contributed by atoms with Crippen molar-refractivity contribution in [1.82, 2.24) is 10.6 Å². The first-order valence-electron chi connectivity index (χ1n) is 13.2. The molecular weight excluding hydrogens is 552 g/mol. The van der Waals surface area contributed by atoms with Gasteiger partial charge in [0.1, 0.15) is 36.8 Å². The number of rotatable bonds is 18. The predicted octanol–water partition coefficient (Wildman–Crippen LogP) is 1.31. The summed E-state index contributed by atoms with van der Waals surface area (Å²) in [5.41, 5.74) is -0.690. The summed E-state index contributed by atoms with van der Waals surface area (Å²) in [6, 6.07) is 6.16. The fourth-order valence-electron chi connectivity index (χ4n) is 2.80. The summed E-state index contributed by atoms with van der Waals surface area (Å²) in [5, 5.41) is 14.6. The Morgan fingerprint density at radius 3 is 1.90 bits per heavy atom. The van der Waals surface area contributed by atoms with Crippen molar-refractivity contribution in [1.29, 1.82) is 0 Å². The molecule has 0 spiro atoms. The van der Waals surface area contributed by atoms with E-state index in [1.54, 1.807) is 26.2 Å². The van der Waals surface area contributed by atoms with E-state index < -0.39 is 35.6 Å². The van der Waals surface area contributed by atoms with Gasteiger partial charge in [0, 0.05) is 44.4 Å². The Hall–Kier alpha value is -4.10. The van der Waals surface area contributed by atoms with E-state index in [1.165, 1.54) is 32.9 Å². The molecule has 13 heteroatoms. The quantitative estimate of drug-likeness (QED) is 0.0732. The Morgan fingerprint density at radius 1 is 0.833 bits per heavy atom. The number of carbonyl (C=O) groups is 6. The van der Waals surface area contributed by atoms with E-state index in [-0.39, 0.29) is 44.5 Å². The Morgan fingerprint density at radius 2 is 1.40 bits per heavy atom. The van der Waals surface area contributed by atoms with Gasteiger partial charge in [-0.1, -0.05) is 6.58 Å². The van der Waals surface area contributed by atoms with E-state index in [4.69, 9.17) is 18.9 Å². The average molecular weight is 595 g/mol. The number of benzene rings is 1. The highest BCUT2D eigenvalue weighted by Crippen LogP contribution is 2.17. The molecule has 1 rings (SSSR count). The van der Waals surface area contributed by atoms with E-state index in [0.717, 1.165) is 6.42 Å². The number of nitrogens with one attached hydrogen (secondary N) is 2. The molecule has 0 heterocycles. The normalized spacial score (nSPS) is 10.3. The number of Topliss-reactive ketones (excluding diaryl/α,β-unsaturated/α-hetero) is 2.